The van der Waals surface area contributed by atoms with Crippen LogP contribution >= 0.6 is 0 Å². The van der Waals surface area contributed by atoms with E-state index in [-0.39, 0.29) is 18.6 Å². The highest BCUT2D eigenvalue weighted by molar-refractivity contribution is 5.98. The molecule has 2 unspecified atom stereocenters. The van der Waals surface area contributed by atoms with Gasteiger partial charge < -0.3 is 15.3 Å². The van der Waals surface area contributed by atoms with E-state index >= 15 is 0 Å². The Bertz CT molecular complexity index is 473. The molecule has 1 aliphatic heterocycles. The van der Waals surface area contributed by atoms with Gasteiger partial charge in [0.25, 0.3) is 0 Å². The predicted molar refractivity (Wildman–Crippen MR) is 76.4 cm³/mol. The smallest absolute Gasteiger partial charge is 0.246 e. The summed E-state index contributed by atoms with van der Waals surface area (Å²) in [5, 5.41) is 12.6. The van der Waals surface area contributed by atoms with Gasteiger partial charge in [-0.1, -0.05) is 12.1 Å². The summed E-state index contributed by atoms with van der Waals surface area (Å²) in [7, 11) is 0. The number of hydrogen-bond donors (Lipinski definition) is 2. The first-order chi connectivity index (χ1) is 9.04. The highest BCUT2D eigenvalue weighted by atomic mass is 16.3. The molecule has 1 aliphatic rings. The van der Waals surface area contributed by atoms with Gasteiger partial charge in [0.2, 0.25) is 5.91 Å². The predicted octanol–water partition coefficient (Wildman–Crippen LogP) is 1.38. The lowest BCUT2D eigenvalue weighted by Crippen LogP contribution is -2.47. The van der Waals surface area contributed by atoms with Crippen LogP contribution in [0.4, 0.5) is 5.69 Å². The summed E-state index contributed by atoms with van der Waals surface area (Å²) >= 11 is 0. The number of nitrogens with one attached hydrogen (secondary N) is 1. The molecule has 0 radical (unpaired) electrons. The van der Waals surface area contributed by atoms with Crippen LogP contribution in [0.3, 0.4) is 0 Å². The second-order valence-corrected chi connectivity index (χ2v) is 5.30. The molecule has 1 heterocycles. The summed E-state index contributed by atoms with van der Waals surface area (Å²) in [4.78, 5) is 14.3. The number of amides is 1. The van der Waals surface area contributed by atoms with Crippen molar-refractivity contribution >= 4 is 11.6 Å². The summed E-state index contributed by atoms with van der Waals surface area (Å²) < 4.78 is 0. The molecule has 2 rings (SSSR count). The van der Waals surface area contributed by atoms with Crippen molar-refractivity contribution in [2.24, 2.45) is 0 Å². The van der Waals surface area contributed by atoms with Gasteiger partial charge in [0.05, 0.1) is 6.61 Å². The molecule has 0 spiro atoms. The molecule has 0 aromatic heterocycles. The van der Waals surface area contributed by atoms with Crippen LogP contribution in [0.25, 0.3) is 0 Å². The molecule has 2 N–H and O–H groups in total. The van der Waals surface area contributed by atoms with Crippen molar-refractivity contribution in [1.29, 1.82) is 0 Å². The SMILES string of the molecule is Cc1cccc(N2CCC(C)NC(CO)C2=O)c1C. The summed E-state index contributed by atoms with van der Waals surface area (Å²) in [5.74, 6) is -0.0412. The number of nitrogens with zero attached hydrogens (tertiary/aromatic N) is 1. The maximum absolute atomic E-state index is 12.5. The quantitative estimate of drug-likeness (QED) is 0.846. The van der Waals surface area contributed by atoms with Crippen molar-refractivity contribution in [2.75, 3.05) is 18.1 Å². The average molecular weight is 262 g/mol. The van der Waals surface area contributed by atoms with Gasteiger partial charge in [-0.25, -0.2) is 0 Å². The van der Waals surface area contributed by atoms with E-state index in [1.807, 2.05) is 39.0 Å². The van der Waals surface area contributed by atoms with Crippen molar-refractivity contribution in [3.8, 4) is 0 Å². The summed E-state index contributed by atoms with van der Waals surface area (Å²) in [6.07, 6.45) is 0.885. The second kappa shape index (κ2) is 5.72. The Hall–Kier alpha value is -1.39. The summed E-state index contributed by atoms with van der Waals surface area (Å²) in [5.41, 5.74) is 3.26. The lowest BCUT2D eigenvalue weighted by molar-refractivity contribution is -0.121. The number of rotatable bonds is 2. The molecule has 1 saturated heterocycles. The normalized spacial score (nSPS) is 24.4. The molecule has 0 saturated carbocycles. The number of carbonyl (C=O) groups excluding carboxylic acids is 1. The first kappa shape index (κ1) is 14.0. The first-order valence-corrected chi connectivity index (χ1v) is 6.79. The van der Waals surface area contributed by atoms with E-state index in [9.17, 15) is 9.90 Å². The second-order valence-electron chi connectivity index (χ2n) is 5.30. The van der Waals surface area contributed by atoms with Crippen LogP contribution < -0.4 is 10.2 Å². The van der Waals surface area contributed by atoms with Crippen LogP contribution in [0.1, 0.15) is 24.5 Å². The molecule has 0 bridgehead atoms. The fourth-order valence-electron chi connectivity index (χ4n) is 2.52. The molecule has 4 nitrogen and oxygen atoms in total. The topological polar surface area (TPSA) is 52.6 Å². The summed E-state index contributed by atoms with van der Waals surface area (Å²) in [6, 6.07) is 5.73. The monoisotopic (exact) mass is 262 g/mol. The standard InChI is InChI=1S/C15H22N2O2/c1-10-5-4-6-14(12(10)3)17-8-7-11(2)16-13(9-18)15(17)19/h4-6,11,13,16,18H,7-9H2,1-3H3. The highest BCUT2D eigenvalue weighted by Crippen LogP contribution is 2.25. The Morgan fingerprint density at radius 3 is 2.84 bits per heavy atom. The molecule has 1 amide bonds. The zero-order valence-electron chi connectivity index (χ0n) is 11.8. The van der Waals surface area contributed by atoms with Gasteiger partial charge in [-0.15, -0.1) is 0 Å². The molecule has 4 heteroatoms. The van der Waals surface area contributed by atoms with Gasteiger partial charge in [0, 0.05) is 18.3 Å². The van der Waals surface area contributed by atoms with Crippen molar-refractivity contribution < 1.29 is 9.90 Å². The van der Waals surface area contributed by atoms with Gasteiger partial charge >= 0.3 is 0 Å². The van der Waals surface area contributed by atoms with Crippen LogP contribution in [0.5, 0.6) is 0 Å². The minimum Gasteiger partial charge on any atom is -0.394 e. The van der Waals surface area contributed by atoms with Crippen LogP contribution in [0.2, 0.25) is 0 Å². The molecule has 2 atom stereocenters. The zero-order chi connectivity index (χ0) is 14.0. The van der Waals surface area contributed by atoms with Crippen LogP contribution in [0.15, 0.2) is 18.2 Å². The van der Waals surface area contributed by atoms with Crippen LogP contribution in [-0.4, -0.2) is 36.2 Å². The average Bonchev–Trinajstić information content (AvgIpc) is 2.53. The van der Waals surface area contributed by atoms with E-state index in [0.29, 0.717) is 6.54 Å². The Balaban J connectivity index is 2.36. The van der Waals surface area contributed by atoms with E-state index in [1.54, 1.807) is 4.90 Å². The lowest BCUT2D eigenvalue weighted by Gasteiger charge is -2.25. The molecule has 0 aliphatic carbocycles. The Kier molecular flexibility index (Phi) is 4.22. The van der Waals surface area contributed by atoms with Gasteiger partial charge in [-0.3, -0.25) is 4.79 Å². The van der Waals surface area contributed by atoms with E-state index in [2.05, 4.69) is 5.32 Å². The molecule has 19 heavy (non-hydrogen) atoms. The Morgan fingerprint density at radius 2 is 2.16 bits per heavy atom. The molecular formula is C15H22N2O2. The maximum atomic E-state index is 12.5. The van der Waals surface area contributed by atoms with Gasteiger partial charge in [-0.05, 0) is 44.4 Å². The molecule has 1 fully saturated rings. The van der Waals surface area contributed by atoms with Crippen molar-refractivity contribution in [2.45, 2.75) is 39.3 Å². The van der Waals surface area contributed by atoms with Gasteiger partial charge in [0.1, 0.15) is 6.04 Å². The molecule has 1 aromatic rings. The number of benzene rings is 1. The fourth-order valence-corrected chi connectivity index (χ4v) is 2.52. The minimum absolute atomic E-state index is 0.0412. The number of hydrogen-bond acceptors (Lipinski definition) is 3. The van der Waals surface area contributed by atoms with Gasteiger partial charge in [0.15, 0.2) is 0 Å². The number of aliphatic hydroxyl groups is 1. The first-order valence-electron chi connectivity index (χ1n) is 6.79. The van der Waals surface area contributed by atoms with E-state index in [1.165, 1.54) is 5.56 Å². The third-order valence-corrected chi connectivity index (χ3v) is 3.88. The van der Waals surface area contributed by atoms with Crippen molar-refractivity contribution in [3.05, 3.63) is 29.3 Å². The Labute approximate surface area is 114 Å². The van der Waals surface area contributed by atoms with E-state index < -0.39 is 6.04 Å². The van der Waals surface area contributed by atoms with Crippen molar-refractivity contribution in [1.82, 2.24) is 5.32 Å². The zero-order valence-corrected chi connectivity index (χ0v) is 11.8. The van der Waals surface area contributed by atoms with Crippen LogP contribution in [-0.2, 0) is 4.79 Å². The number of anilines is 1. The fraction of sp³-hybridized carbons (Fsp3) is 0.533. The largest absolute Gasteiger partial charge is 0.394 e. The molecule has 1 aromatic carbocycles. The van der Waals surface area contributed by atoms with E-state index in [4.69, 9.17) is 0 Å². The van der Waals surface area contributed by atoms with Crippen LogP contribution in [0, 0.1) is 13.8 Å². The lowest BCUT2D eigenvalue weighted by atomic mass is 10.1. The Morgan fingerprint density at radius 1 is 1.42 bits per heavy atom. The molecule has 104 valence electrons. The maximum Gasteiger partial charge on any atom is 0.246 e. The number of carbonyl (C=O) groups is 1. The molecular weight excluding hydrogens is 240 g/mol. The number of aryl methyl sites for hydroxylation is 1. The van der Waals surface area contributed by atoms with Crippen molar-refractivity contribution in [3.63, 3.8) is 0 Å². The highest BCUT2D eigenvalue weighted by Gasteiger charge is 2.30. The van der Waals surface area contributed by atoms with Gasteiger partial charge in [-0.2, -0.15) is 0 Å². The van der Waals surface area contributed by atoms with E-state index in [0.717, 1.165) is 17.7 Å². The summed E-state index contributed by atoms with van der Waals surface area (Å²) in [6.45, 7) is 6.65. The third-order valence-electron chi connectivity index (χ3n) is 3.88. The third kappa shape index (κ3) is 2.80. The number of aliphatic hydroxyl groups excluding tert-OH is 1. The minimum atomic E-state index is -0.502.